The van der Waals surface area contributed by atoms with E-state index in [0.29, 0.717) is 39.6 Å². The molecule has 2 saturated heterocycles. The van der Waals surface area contributed by atoms with Crippen LogP contribution in [-0.2, 0) is 38.0 Å². The van der Waals surface area contributed by atoms with Gasteiger partial charge >= 0.3 is 0 Å². The first-order chi connectivity index (χ1) is 16.0. The van der Waals surface area contributed by atoms with Gasteiger partial charge in [-0.1, -0.05) is 17.7 Å². The van der Waals surface area contributed by atoms with E-state index < -0.39 is 16.2 Å². The summed E-state index contributed by atoms with van der Waals surface area (Å²) >= 11 is 0. The maximum absolute atomic E-state index is 12.2. The smallest absolute Gasteiger partial charge is 0.297 e. The fourth-order valence-electron chi connectivity index (χ4n) is 3.77. The second kappa shape index (κ2) is 13.7. The van der Waals surface area contributed by atoms with Gasteiger partial charge in [0.15, 0.2) is 0 Å². The Balaban J connectivity index is 1.29. The molecule has 0 spiro atoms. The Morgan fingerprint density at radius 3 is 2.27 bits per heavy atom. The zero-order chi connectivity index (χ0) is 23.5. The van der Waals surface area contributed by atoms with Crippen LogP contribution in [0.5, 0.6) is 0 Å². The van der Waals surface area contributed by atoms with Gasteiger partial charge in [0.2, 0.25) is 0 Å². The van der Waals surface area contributed by atoms with Crippen LogP contribution in [0.25, 0.3) is 0 Å². The molecule has 1 N–H and O–H groups in total. The van der Waals surface area contributed by atoms with Crippen molar-refractivity contribution in [2.45, 2.75) is 61.9 Å². The average molecular weight is 489 g/mol. The number of benzene rings is 1. The number of aliphatic hydroxyl groups excluding tert-OH is 1. The molecule has 0 amide bonds. The standard InChI is InChI=1S/C23H36O9S/c1-18-6-8-19(9-7-18)33(25,26)32-15-13-28-17-23-21(5-3-11-30-23)31-14-12-27-16-22-20(24)4-2-10-29-22/h6-9,20-24H,2-5,10-17H2,1H3/t20-,21-,22-,23-/m1/s1. The van der Waals surface area contributed by atoms with Gasteiger partial charge in [0.1, 0.15) is 12.2 Å². The van der Waals surface area contributed by atoms with Crippen LogP contribution in [0.15, 0.2) is 29.2 Å². The van der Waals surface area contributed by atoms with Crippen LogP contribution in [0.4, 0.5) is 0 Å². The van der Waals surface area contributed by atoms with Crippen molar-refractivity contribution in [3.05, 3.63) is 29.8 Å². The highest BCUT2D eigenvalue weighted by molar-refractivity contribution is 7.86. The van der Waals surface area contributed by atoms with Crippen molar-refractivity contribution in [1.82, 2.24) is 0 Å². The Kier molecular flexibility index (Phi) is 11.0. The average Bonchev–Trinajstić information content (AvgIpc) is 2.81. The molecular formula is C23H36O9S. The molecule has 1 aromatic rings. The third-order valence-corrected chi connectivity index (χ3v) is 7.01. The Labute approximate surface area is 196 Å². The third-order valence-electron chi connectivity index (χ3n) is 5.68. The summed E-state index contributed by atoms with van der Waals surface area (Å²) < 4.78 is 57.9. The van der Waals surface area contributed by atoms with Crippen molar-refractivity contribution >= 4 is 10.1 Å². The monoisotopic (exact) mass is 488 g/mol. The molecule has 0 aromatic heterocycles. The molecule has 2 heterocycles. The fraction of sp³-hybridized carbons (Fsp3) is 0.739. The van der Waals surface area contributed by atoms with Crippen molar-refractivity contribution < 1.29 is 41.4 Å². The molecule has 0 saturated carbocycles. The topological polar surface area (TPSA) is 110 Å². The van der Waals surface area contributed by atoms with Crippen LogP contribution < -0.4 is 0 Å². The molecule has 1 aromatic carbocycles. The highest BCUT2D eigenvalue weighted by Crippen LogP contribution is 2.19. The van der Waals surface area contributed by atoms with E-state index in [2.05, 4.69) is 0 Å². The Morgan fingerprint density at radius 2 is 1.55 bits per heavy atom. The quantitative estimate of drug-likeness (QED) is 0.328. The predicted octanol–water partition coefficient (Wildman–Crippen LogP) is 1.84. The largest absolute Gasteiger partial charge is 0.390 e. The molecule has 0 bridgehead atoms. The summed E-state index contributed by atoms with van der Waals surface area (Å²) in [6, 6.07) is 6.51. The fourth-order valence-corrected chi connectivity index (χ4v) is 4.67. The van der Waals surface area contributed by atoms with Gasteiger partial charge < -0.3 is 28.8 Å². The number of aryl methyl sites for hydroxylation is 1. The highest BCUT2D eigenvalue weighted by Gasteiger charge is 2.27. The molecule has 0 unspecified atom stereocenters. The first-order valence-electron chi connectivity index (χ1n) is 11.6. The number of rotatable bonds is 13. The zero-order valence-corrected chi connectivity index (χ0v) is 20.0. The molecule has 2 aliphatic heterocycles. The van der Waals surface area contributed by atoms with Crippen molar-refractivity contribution in [2.24, 2.45) is 0 Å². The number of aliphatic hydroxyl groups is 1. The van der Waals surface area contributed by atoms with Gasteiger partial charge in [-0.2, -0.15) is 8.42 Å². The Hall–Kier alpha value is -1.11. The van der Waals surface area contributed by atoms with Crippen LogP contribution in [0.1, 0.15) is 31.2 Å². The van der Waals surface area contributed by atoms with Gasteiger partial charge in [0.05, 0.1) is 56.7 Å². The van der Waals surface area contributed by atoms with E-state index in [0.717, 1.165) is 31.2 Å². The second-order valence-corrected chi connectivity index (χ2v) is 9.93. The van der Waals surface area contributed by atoms with Gasteiger partial charge in [0.25, 0.3) is 10.1 Å². The van der Waals surface area contributed by atoms with Gasteiger partial charge in [0, 0.05) is 13.2 Å². The van der Waals surface area contributed by atoms with Gasteiger partial charge in [-0.3, -0.25) is 4.18 Å². The molecule has 9 nitrogen and oxygen atoms in total. The van der Waals surface area contributed by atoms with E-state index >= 15 is 0 Å². The zero-order valence-electron chi connectivity index (χ0n) is 19.2. The normalized spacial score (nSPS) is 26.4. The molecule has 0 aliphatic carbocycles. The van der Waals surface area contributed by atoms with E-state index in [1.54, 1.807) is 12.1 Å². The van der Waals surface area contributed by atoms with Crippen LogP contribution in [0.3, 0.4) is 0 Å². The van der Waals surface area contributed by atoms with Crippen LogP contribution in [-0.4, -0.2) is 90.8 Å². The van der Waals surface area contributed by atoms with E-state index in [1.807, 2.05) is 6.92 Å². The highest BCUT2D eigenvalue weighted by atomic mass is 32.2. The second-order valence-electron chi connectivity index (χ2n) is 8.32. The van der Waals surface area contributed by atoms with Crippen LogP contribution in [0, 0.1) is 6.92 Å². The lowest BCUT2D eigenvalue weighted by Crippen LogP contribution is -2.41. The molecule has 3 rings (SSSR count). The lowest BCUT2D eigenvalue weighted by molar-refractivity contribution is -0.144. The summed E-state index contributed by atoms with van der Waals surface area (Å²) in [5.41, 5.74) is 0.977. The summed E-state index contributed by atoms with van der Waals surface area (Å²) in [7, 11) is -3.80. The minimum atomic E-state index is -3.80. The predicted molar refractivity (Wildman–Crippen MR) is 120 cm³/mol. The molecule has 188 valence electrons. The lowest BCUT2D eigenvalue weighted by atomic mass is 10.1. The first-order valence-corrected chi connectivity index (χ1v) is 13.0. The molecule has 0 radical (unpaired) electrons. The minimum absolute atomic E-state index is 0.0720. The van der Waals surface area contributed by atoms with Crippen molar-refractivity contribution in [2.75, 3.05) is 52.9 Å². The van der Waals surface area contributed by atoms with E-state index in [9.17, 15) is 13.5 Å². The van der Waals surface area contributed by atoms with Crippen molar-refractivity contribution in [3.8, 4) is 0 Å². The molecule has 10 heteroatoms. The lowest BCUT2D eigenvalue weighted by Gasteiger charge is -2.31. The third kappa shape index (κ3) is 8.88. The van der Waals surface area contributed by atoms with E-state index in [4.69, 9.17) is 27.9 Å². The molecular weight excluding hydrogens is 452 g/mol. The Morgan fingerprint density at radius 1 is 0.909 bits per heavy atom. The first kappa shape index (κ1) is 26.5. The van der Waals surface area contributed by atoms with Gasteiger partial charge in [-0.05, 0) is 44.7 Å². The minimum Gasteiger partial charge on any atom is -0.390 e. The molecule has 4 atom stereocenters. The summed E-state index contributed by atoms with van der Waals surface area (Å²) in [4.78, 5) is 0.129. The van der Waals surface area contributed by atoms with E-state index in [1.165, 1.54) is 12.1 Å². The van der Waals surface area contributed by atoms with Gasteiger partial charge in [-0.25, -0.2) is 0 Å². The Bertz CT molecular complexity index is 784. The van der Waals surface area contributed by atoms with Crippen molar-refractivity contribution in [1.29, 1.82) is 0 Å². The summed E-state index contributed by atoms with van der Waals surface area (Å²) in [6.07, 6.45) is 2.30. The molecule has 2 fully saturated rings. The maximum atomic E-state index is 12.2. The summed E-state index contributed by atoms with van der Waals surface area (Å²) in [5.74, 6) is 0. The summed E-state index contributed by atoms with van der Waals surface area (Å²) in [5, 5.41) is 9.89. The van der Waals surface area contributed by atoms with E-state index in [-0.39, 0.29) is 36.4 Å². The van der Waals surface area contributed by atoms with Crippen LogP contribution >= 0.6 is 0 Å². The SMILES string of the molecule is Cc1ccc(S(=O)(=O)OCCOC[C@H]2OCCC[C@H]2OCCOC[C@H]2OCCC[C@H]2O)cc1. The molecule has 33 heavy (non-hydrogen) atoms. The maximum Gasteiger partial charge on any atom is 0.297 e. The number of hydrogen-bond donors (Lipinski definition) is 1. The van der Waals surface area contributed by atoms with Gasteiger partial charge in [-0.15, -0.1) is 0 Å². The van der Waals surface area contributed by atoms with Crippen LogP contribution in [0.2, 0.25) is 0 Å². The number of hydrogen-bond acceptors (Lipinski definition) is 9. The summed E-state index contributed by atoms with van der Waals surface area (Å²) in [6.45, 7) is 4.70. The van der Waals surface area contributed by atoms with Crippen molar-refractivity contribution in [3.63, 3.8) is 0 Å². The number of ether oxygens (including phenoxy) is 5. The molecule has 2 aliphatic rings.